The highest BCUT2D eigenvalue weighted by molar-refractivity contribution is 5.45. The van der Waals surface area contributed by atoms with Crippen molar-refractivity contribution in [3.63, 3.8) is 0 Å². The molecular weight excluding hydrogens is 134 g/mol. The van der Waals surface area contributed by atoms with E-state index in [9.17, 15) is 0 Å². The molecule has 1 aromatic carbocycles. The standard InChI is InChI=1S/C10H15N/c1-8(2)9-5-4-6-10(7-9)11-3/h4-8,11H,1-3H3. The van der Waals surface area contributed by atoms with Gasteiger partial charge in [-0.05, 0) is 23.6 Å². The Balaban J connectivity index is 2.91. The highest BCUT2D eigenvalue weighted by Gasteiger charge is 1.97. The zero-order chi connectivity index (χ0) is 8.27. The Labute approximate surface area is 68.4 Å². The Morgan fingerprint density at radius 3 is 2.55 bits per heavy atom. The van der Waals surface area contributed by atoms with Gasteiger partial charge in [0, 0.05) is 12.7 Å². The molecule has 11 heavy (non-hydrogen) atoms. The van der Waals surface area contributed by atoms with E-state index in [0.717, 1.165) is 0 Å². The summed E-state index contributed by atoms with van der Waals surface area (Å²) in [6, 6.07) is 8.50. The van der Waals surface area contributed by atoms with Crippen LogP contribution in [0.5, 0.6) is 0 Å². The van der Waals surface area contributed by atoms with E-state index in [1.54, 1.807) is 0 Å². The summed E-state index contributed by atoms with van der Waals surface area (Å²) in [4.78, 5) is 0. The Hall–Kier alpha value is -0.980. The van der Waals surface area contributed by atoms with E-state index in [0.29, 0.717) is 5.92 Å². The van der Waals surface area contributed by atoms with Crippen LogP contribution in [-0.4, -0.2) is 7.05 Å². The molecule has 0 saturated carbocycles. The number of hydrogen-bond acceptors (Lipinski definition) is 1. The largest absolute Gasteiger partial charge is 0.388 e. The van der Waals surface area contributed by atoms with Crippen LogP contribution >= 0.6 is 0 Å². The zero-order valence-corrected chi connectivity index (χ0v) is 7.39. The Morgan fingerprint density at radius 1 is 1.27 bits per heavy atom. The molecule has 1 aromatic rings. The van der Waals surface area contributed by atoms with E-state index in [2.05, 4.69) is 43.4 Å². The molecule has 0 radical (unpaired) electrons. The minimum Gasteiger partial charge on any atom is -0.388 e. The predicted molar refractivity (Wildman–Crippen MR) is 50.1 cm³/mol. The van der Waals surface area contributed by atoms with Gasteiger partial charge in [-0.1, -0.05) is 26.0 Å². The number of hydrogen-bond donors (Lipinski definition) is 1. The molecule has 0 amide bonds. The number of nitrogens with one attached hydrogen (secondary N) is 1. The van der Waals surface area contributed by atoms with Crippen molar-refractivity contribution in [2.24, 2.45) is 0 Å². The van der Waals surface area contributed by atoms with Gasteiger partial charge < -0.3 is 5.32 Å². The summed E-state index contributed by atoms with van der Waals surface area (Å²) in [7, 11) is 1.94. The lowest BCUT2D eigenvalue weighted by atomic mass is 10.0. The first-order valence-electron chi connectivity index (χ1n) is 4.01. The second-order valence-corrected chi connectivity index (χ2v) is 3.03. The first-order chi connectivity index (χ1) is 5.24. The third-order valence-electron chi connectivity index (χ3n) is 1.84. The quantitative estimate of drug-likeness (QED) is 0.681. The number of anilines is 1. The molecule has 0 fully saturated rings. The molecule has 0 aromatic heterocycles. The summed E-state index contributed by atoms with van der Waals surface area (Å²) in [5, 5.41) is 3.12. The van der Waals surface area contributed by atoms with Crippen LogP contribution < -0.4 is 5.32 Å². The van der Waals surface area contributed by atoms with Gasteiger partial charge in [-0.3, -0.25) is 0 Å². The third kappa shape index (κ3) is 1.97. The summed E-state index contributed by atoms with van der Waals surface area (Å²) < 4.78 is 0. The number of benzene rings is 1. The van der Waals surface area contributed by atoms with Gasteiger partial charge in [0.25, 0.3) is 0 Å². The number of rotatable bonds is 2. The van der Waals surface area contributed by atoms with Crippen LogP contribution in [0.2, 0.25) is 0 Å². The molecule has 0 spiro atoms. The monoisotopic (exact) mass is 149 g/mol. The molecule has 0 heterocycles. The summed E-state index contributed by atoms with van der Waals surface area (Å²) >= 11 is 0. The fourth-order valence-electron chi connectivity index (χ4n) is 1.05. The maximum Gasteiger partial charge on any atom is 0.0340 e. The van der Waals surface area contributed by atoms with Crippen LogP contribution in [-0.2, 0) is 0 Å². The van der Waals surface area contributed by atoms with Crippen molar-refractivity contribution >= 4 is 5.69 Å². The maximum atomic E-state index is 3.12. The zero-order valence-electron chi connectivity index (χ0n) is 7.39. The molecule has 0 aliphatic heterocycles. The highest BCUT2D eigenvalue weighted by Crippen LogP contribution is 2.17. The van der Waals surface area contributed by atoms with Gasteiger partial charge in [-0.15, -0.1) is 0 Å². The van der Waals surface area contributed by atoms with E-state index in [1.807, 2.05) is 7.05 Å². The van der Waals surface area contributed by atoms with Crippen molar-refractivity contribution < 1.29 is 0 Å². The van der Waals surface area contributed by atoms with Crippen molar-refractivity contribution in [1.29, 1.82) is 0 Å². The lowest BCUT2D eigenvalue weighted by Crippen LogP contribution is -1.91. The summed E-state index contributed by atoms with van der Waals surface area (Å²) in [6.07, 6.45) is 0. The van der Waals surface area contributed by atoms with Crippen molar-refractivity contribution in [1.82, 2.24) is 0 Å². The highest BCUT2D eigenvalue weighted by atomic mass is 14.8. The third-order valence-corrected chi connectivity index (χ3v) is 1.84. The molecule has 0 aliphatic rings. The van der Waals surface area contributed by atoms with Crippen molar-refractivity contribution in [3.05, 3.63) is 29.8 Å². The Bertz CT molecular complexity index is 228. The molecule has 1 heteroatoms. The van der Waals surface area contributed by atoms with Gasteiger partial charge in [0.1, 0.15) is 0 Å². The first-order valence-corrected chi connectivity index (χ1v) is 4.01. The molecule has 1 nitrogen and oxygen atoms in total. The van der Waals surface area contributed by atoms with E-state index in [-0.39, 0.29) is 0 Å². The first kappa shape index (κ1) is 8.12. The molecule has 0 aliphatic carbocycles. The second kappa shape index (κ2) is 3.42. The van der Waals surface area contributed by atoms with Crippen LogP contribution in [0.1, 0.15) is 25.3 Å². The van der Waals surface area contributed by atoms with E-state index in [1.165, 1.54) is 11.3 Å². The summed E-state index contributed by atoms with van der Waals surface area (Å²) in [6.45, 7) is 4.41. The van der Waals surface area contributed by atoms with Crippen LogP contribution in [0.15, 0.2) is 24.3 Å². The molecule has 0 unspecified atom stereocenters. The normalized spacial score (nSPS) is 10.2. The van der Waals surface area contributed by atoms with Gasteiger partial charge >= 0.3 is 0 Å². The average Bonchev–Trinajstić information content (AvgIpc) is 2.05. The van der Waals surface area contributed by atoms with Gasteiger partial charge in [0.15, 0.2) is 0 Å². The molecule has 0 atom stereocenters. The van der Waals surface area contributed by atoms with Crippen LogP contribution in [0, 0.1) is 0 Å². The van der Waals surface area contributed by atoms with E-state index >= 15 is 0 Å². The molecule has 0 saturated heterocycles. The molecule has 0 bridgehead atoms. The van der Waals surface area contributed by atoms with Crippen LogP contribution in [0.25, 0.3) is 0 Å². The minimum absolute atomic E-state index is 0.614. The lowest BCUT2D eigenvalue weighted by Gasteiger charge is -2.06. The van der Waals surface area contributed by atoms with E-state index in [4.69, 9.17) is 0 Å². The maximum absolute atomic E-state index is 3.12. The van der Waals surface area contributed by atoms with Gasteiger partial charge in [0.2, 0.25) is 0 Å². The lowest BCUT2D eigenvalue weighted by molar-refractivity contribution is 0.867. The fourth-order valence-corrected chi connectivity index (χ4v) is 1.05. The van der Waals surface area contributed by atoms with E-state index < -0.39 is 0 Å². The SMILES string of the molecule is CNc1cccc(C(C)C)c1. The topological polar surface area (TPSA) is 12.0 Å². The smallest absolute Gasteiger partial charge is 0.0340 e. The van der Waals surface area contributed by atoms with Crippen molar-refractivity contribution in [2.45, 2.75) is 19.8 Å². The van der Waals surface area contributed by atoms with Crippen molar-refractivity contribution in [3.8, 4) is 0 Å². The Morgan fingerprint density at radius 2 is 2.00 bits per heavy atom. The van der Waals surface area contributed by atoms with Gasteiger partial charge in [0.05, 0.1) is 0 Å². The summed E-state index contributed by atoms with van der Waals surface area (Å²) in [5.74, 6) is 0.614. The molecule has 60 valence electrons. The van der Waals surface area contributed by atoms with Crippen molar-refractivity contribution in [2.75, 3.05) is 12.4 Å². The molecule has 1 rings (SSSR count). The van der Waals surface area contributed by atoms with Crippen LogP contribution in [0.4, 0.5) is 5.69 Å². The Kier molecular flexibility index (Phi) is 2.53. The van der Waals surface area contributed by atoms with Gasteiger partial charge in [-0.2, -0.15) is 0 Å². The molecular formula is C10H15N. The summed E-state index contributed by atoms with van der Waals surface area (Å²) in [5.41, 5.74) is 2.58. The average molecular weight is 149 g/mol. The van der Waals surface area contributed by atoms with Crippen LogP contribution in [0.3, 0.4) is 0 Å². The van der Waals surface area contributed by atoms with Gasteiger partial charge in [-0.25, -0.2) is 0 Å². The molecule has 1 N–H and O–H groups in total. The fraction of sp³-hybridized carbons (Fsp3) is 0.400. The minimum atomic E-state index is 0.614. The predicted octanol–water partition coefficient (Wildman–Crippen LogP) is 2.85. The second-order valence-electron chi connectivity index (χ2n) is 3.03.